The summed E-state index contributed by atoms with van der Waals surface area (Å²) >= 11 is 1.32. The van der Waals surface area contributed by atoms with Gasteiger partial charge in [0.15, 0.2) is 9.84 Å². The minimum Gasteiger partial charge on any atom is -0.335 e. The summed E-state index contributed by atoms with van der Waals surface area (Å²) in [6.45, 7) is 2.63. The summed E-state index contributed by atoms with van der Waals surface area (Å²) in [6.07, 6.45) is 1.12. The Kier molecular flexibility index (Phi) is 4.73. The number of carbonyl (C=O) groups excluding carboxylic acids is 1. The fourth-order valence-corrected chi connectivity index (χ4v) is 5.42. The molecule has 1 atom stereocenters. The standard InChI is InChI=1S/C15H19N3O4S2/c1-2-5-18(15(20)10-4-7-24(21,22)9-10)8-12-16-11-3-6-23-13(11)14(19)17-12/h3,6,10H,2,4-5,7-9H2,1H3,(H,16,17,19). The molecule has 2 aromatic heterocycles. The Hall–Kier alpha value is -1.74. The van der Waals surface area contributed by atoms with Crippen LogP contribution in [0.5, 0.6) is 0 Å². The third kappa shape index (κ3) is 3.51. The minimum atomic E-state index is -3.11. The lowest BCUT2D eigenvalue weighted by atomic mass is 10.1. The van der Waals surface area contributed by atoms with Gasteiger partial charge in [-0.05, 0) is 24.3 Å². The second-order valence-corrected chi connectivity index (χ2v) is 9.15. The fraction of sp³-hybridized carbons (Fsp3) is 0.533. The Morgan fingerprint density at radius 2 is 2.29 bits per heavy atom. The van der Waals surface area contributed by atoms with Crippen molar-refractivity contribution in [3.63, 3.8) is 0 Å². The molecule has 1 unspecified atom stereocenters. The van der Waals surface area contributed by atoms with E-state index in [0.717, 1.165) is 6.42 Å². The maximum absolute atomic E-state index is 12.7. The highest BCUT2D eigenvalue weighted by Crippen LogP contribution is 2.22. The molecule has 1 fully saturated rings. The first-order valence-electron chi connectivity index (χ1n) is 7.85. The summed E-state index contributed by atoms with van der Waals surface area (Å²) in [5, 5.41) is 1.80. The maximum atomic E-state index is 12.7. The molecule has 1 aliphatic heterocycles. The molecule has 0 saturated carbocycles. The van der Waals surface area contributed by atoms with Crippen LogP contribution < -0.4 is 5.56 Å². The highest BCUT2D eigenvalue weighted by atomic mass is 32.2. The van der Waals surface area contributed by atoms with Crippen LogP contribution in [0.15, 0.2) is 16.2 Å². The molecule has 0 spiro atoms. The molecule has 0 aliphatic carbocycles. The number of rotatable bonds is 5. The van der Waals surface area contributed by atoms with Gasteiger partial charge in [-0.25, -0.2) is 13.4 Å². The Morgan fingerprint density at radius 3 is 2.96 bits per heavy atom. The number of thiophene rings is 1. The van der Waals surface area contributed by atoms with Gasteiger partial charge >= 0.3 is 0 Å². The van der Waals surface area contributed by atoms with Crippen molar-refractivity contribution in [3.8, 4) is 0 Å². The molecule has 1 amide bonds. The fourth-order valence-electron chi connectivity index (χ4n) is 2.96. The molecular weight excluding hydrogens is 350 g/mol. The van der Waals surface area contributed by atoms with E-state index in [1.165, 1.54) is 11.3 Å². The van der Waals surface area contributed by atoms with Crippen molar-refractivity contribution in [3.05, 3.63) is 27.6 Å². The molecule has 9 heteroatoms. The molecule has 24 heavy (non-hydrogen) atoms. The van der Waals surface area contributed by atoms with Gasteiger partial charge < -0.3 is 9.88 Å². The van der Waals surface area contributed by atoms with E-state index >= 15 is 0 Å². The minimum absolute atomic E-state index is 0.0688. The van der Waals surface area contributed by atoms with Gasteiger partial charge in [-0.3, -0.25) is 9.59 Å². The smallest absolute Gasteiger partial charge is 0.268 e. The molecule has 1 aliphatic rings. The van der Waals surface area contributed by atoms with Crippen LogP contribution >= 0.6 is 11.3 Å². The number of aromatic amines is 1. The van der Waals surface area contributed by atoms with E-state index < -0.39 is 15.8 Å². The van der Waals surface area contributed by atoms with Crippen LogP contribution in [0.25, 0.3) is 10.2 Å². The van der Waals surface area contributed by atoms with Gasteiger partial charge in [0.05, 0.1) is 29.5 Å². The van der Waals surface area contributed by atoms with E-state index in [4.69, 9.17) is 0 Å². The first-order chi connectivity index (χ1) is 11.4. The maximum Gasteiger partial charge on any atom is 0.268 e. The molecule has 0 bridgehead atoms. The lowest BCUT2D eigenvalue weighted by molar-refractivity contribution is -0.135. The number of H-pyrrole nitrogens is 1. The Labute approximate surface area is 143 Å². The van der Waals surface area contributed by atoms with E-state index in [2.05, 4.69) is 9.97 Å². The number of hydrogen-bond acceptors (Lipinski definition) is 6. The van der Waals surface area contributed by atoms with Crippen molar-refractivity contribution in [2.24, 2.45) is 5.92 Å². The molecular formula is C15H19N3O4S2. The predicted octanol–water partition coefficient (Wildman–Crippen LogP) is 1.16. The van der Waals surface area contributed by atoms with Gasteiger partial charge in [-0.2, -0.15) is 0 Å². The summed E-state index contributed by atoms with van der Waals surface area (Å²) < 4.78 is 23.8. The first-order valence-corrected chi connectivity index (χ1v) is 10.6. The van der Waals surface area contributed by atoms with Gasteiger partial charge in [-0.1, -0.05) is 6.92 Å². The monoisotopic (exact) mass is 369 g/mol. The van der Waals surface area contributed by atoms with Crippen LogP contribution in [0.1, 0.15) is 25.6 Å². The molecule has 7 nitrogen and oxygen atoms in total. The Bertz CT molecular complexity index is 916. The third-order valence-corrected chi connectivity index (χ3v) is 6.76. The Morgan fingerprint density at radius 1 is 1.50 bits per heavy atom. The molecule has 1 saturated heterocycles. The average Bonchev–Trinajstić information content (AvgIpc) is 3.12. The SMILES string of the molecule is CCCN(Cc1nc2ccsc2c(=O)[nH]1)C(=O)C1CCS(=O)(=O)C1. The third-order valence-electron chi connectivity index (χ3n) is 4.09. The number of fused-ring (bicyclic) bond motifs is 1. The molecule has 3 heterocycles. The Balaban J connectivity index is 1.82. The number of sulfone groups is 1. The molecule has 0 radical (unpaired) electrons. The van der Waals surface area contributed by atoms with Crippen LogP contribution in [-0.4, -0.2) is 47.2 Å². The molecule has 130 valence electrons. The summed E-state index contributed by atoms with van der Waals surface area (Å²) in [5.74, 6) is -0.253. The number of nitrogens with zero attached hydrogens (tertiary/aromatic N) is 2. The van der Waals surface area contributed by atoms with Gasteiger partial charge in [0.1, 0.15) is 10.5 Å². The number of carbonyl (C=O) groups is 1. The van der Waals surface area contributed by atoms with Crippen LogP contribution in [0.2, 0.25) is 0 Å². The molecule has 0 aromatic carbocycles. The first kappa shape index (κ1) is 17.1. The zero-order valence-corrected chi connectivity index (χ0v) is 15.0. The van der Waals surface area contributed by atoms with Crippen molar-refractivity contribution >= 4 is 37.3 Å². The van der Waals surface area contributed by atoms with Crippen molar-refractivity contribution in [1.82, 2.24) is 14.9 Å². The molecule has 3 rings (SSSR count). The van der Waals surface area contributed by atoms with Crippen LogP contribution in [-0.2, 0) is 21.2 Å². The van der Waals surface area contributed by atoms with Crippen molar-refractivity contribution in [2.75, 3.05) is 18.1 Å². The number of hydrogen-bond donors (Lipinski definition) is 1. The summed E-state index contributed by atoms with van der Waals surface area (Å²) in [7, 11) is -3.11. The van der Waals surface area contributed by atoms with E-state index in [0.29, 0.717) is 29.0 Å². The van der Waals surface area contributed by atoms with Crippen LogP contribution in [0, 0.1) is 5.92 Å². The highest BCUT2D eigenvalue weighted by Gasteiger charge is 2.35. The van der Waals surface area contributed by atoms with E-state index in [-0.39, 0.29) is 29.5 Å². The van der Waals surface area contributed by atoms with E-state index in [1.807, 2.05) is 6.92 Å². The van der Waals surface area contributed by atoms with E-state index in [9.17, 15) is 18.0 Å². The summed E-state index contributed by atoms with van der Waals surface area (Å²) in [5.41, 5.74) is 0.406. The highest BCUT2D eigenvalue weighted by molar-refractivity contribution is 7.91. The summed E-state index contributed by atoms with van der Waals surface area (Å²) in [4.78, 5) is 33.4. The van der Waals surface area contributed by atoms with Gasteiger partial charge in [0.25, 0.3) is 5.56 Å². The van der Waals surface area contributed by atoms with E-state index in [1.54, 1.807) is 16.3 Å². The van der Waals surface area contributed by atoms with Gasteiger partial charge in [0, 0.05) is 6.54 Å². The lowest BCUT2D eigenvalue weighted by Gasteiger charge is -2.24. The number of nitrogens with one attached hydrogen (secondary N) is 1. The zero-order chi connectivity index (χ0) is 17.3. The second-order valence-electron chi connectivity index (χ2n) is 6.01. The van der Waals surface area contributed by atoms with Gasteiger partial charge in [-0.15, -0.1) is 11.3 Å². The topological polar surface area (TPSA) is 100 Å². The lowest BCUT2D eigenvalue weighted by Crippen LogP contribution is -2.37. The normalized spacial score (nSPS) is 19.6. The van der Waals surface area contributed by atoms with Crippen LogP contribution in [0.4, 0.5) is 0 Å². The van der Waals surface area contributed by atoms with Crippen molar-refractivity contribution in [1.29, 1.82) is 0 Å². The zero-order valence-electron chi connectivity index (χ0n) is 13.3. The van der Waals surface area contributed by atoms with Gasteiger partial charge in [0.2, 0.25) is 5.91 Å². The number of amides is 1. The quantitative estimate of drug-likeness (QED) is 0.852. The predicted molar refractivity (Wildman–Crippen MR) is 92.7 cm³/mol. The largest absolute Gasteiger partial charge is 0.335 e. The second kappa shape index (κ2) is 6.64. The molecule has 2 aromatic rings. The van der Waals surface area contributed by atoms with Crippen molar-refractivity contribution < 1.29 is 13.2 Å². The summed E-state index contributed by atoms with van der Waals surface area (Å²) in [6, 6.07) is 1.77. The molecule has 1 N–H and O–H groups in total. The average molecular weight is 369 g/mol. The number of aromatic nitrogens is 2. The van der Waals surface area contributed by atoms with Crippen LogP contribution in [0.3, 0.4) is 0 Å². The van der Waals surface area contributed by atoms with Crippen molar-refractivity contribution in [2.45, 2.75) is 26.3 Å².